The molecular formula is C29H28Cl2F2N2O3. The monoisotopic (exact) mass is 560 g/mol. The van der Waals surface area contributed by atoms with Crippen LogP contribution < -0.4 is 4.74 Å². The minimum absolute atomic E-state index is 0.0281. The summed E-state index contributed by atoms with van der Waals surface area (Å²) < 4.78 is 34.5. The third-order valence-electron chi connectivity index (χ3n) is 7.15. The summed E-state index contributed by atoms with van der Waals surface area (Å²) >= 11 is 12.3. The van der Waals surface area contributed by atoms with Crippen LogP contribution in [0.5, 0.6) is 5.75 Å². The van der Waals surface area contributed by atoms with E-state index in [1.807, 2.05) is 0 Å². The quantitative estimate of drug-likeness (QED) is 0.298. The molecule has 0 spiro atoms. The fourth-order valence-electron chi connectivity index (χ4n) is 5.09. The molecule has 1 aliphatic heterocycles. The molecule has 0 amide bonds. The van der Waals surface area contributed by atoms with Gasteiger partial charge in [-0.2, -0.15) is 0 Å². The first-order valence-electron chi connectivity index (χ1n) is 12.3. The number of nitrogens with zero attached hydrogens (tertiary/aromatic N) is 2. The van der Waals surface area contributed by atoms with E-state index in [0.717, 1.165) is 0 Å². The molecule has 1 N–H and O–H groups in total. The summed E-state index contributed by atoms with van der Waals surface area (Å²) in [7, 11) is 1.54. The molecule has 2 heterocycles. The molecule has 0 bridgehead atoms. The highest BCUT2D eigenvalue weighted by molar-refractivity contribution is 6.32. The maximum absolute atomic E-state index is 15.7. The summed E-state index contributed by atoms with van der Waals surface area (Å²) in [5.74, 6) is 5.21. The van der Waals surface area contributed by atoms with Crippen LogP contribution in [0.2, 0.25) is 10.0 Å². The number of carbonyl (C=O) groups is 1. The molecule has 1 fully saturated rings. The Morgan fingerprint density at radius 1 is 1.24 bits per heavy atom. The number of aliphatic carboxylic acids is 1. The Morgan fingerprint density at radius 3 is 2.68 bits per heavy atom. The largest absolute Gasteiger partial charge is 0.497 e. The van der Waals surface area contributed by atoms with Gasteiger partial charge in [-0.25, -0.2) is 8.78 Å². The Morgan fingerprint density at radius 2 is 2.00 bits per heavy atom. The highest BCUT2D eigenvalue weighted by atomic mass is 35.5. The third kappa shape index (κ3) is 6.93. The van der Waals surface area contributed by atoms with Crippen LogP contribution in [0.3, 0.4) is 0 Å². The van der Waals surface area contributed by atoms with Gasteiger partial charge in [0.15, 0.2) is 0 Å². The molecule has 0 aliphatic carbocycles. The molecule has 4 rings (SSSR count). The maximum atomic E-state index is 15.7. The van der Waals surface area contributed by atoms with E-state index in [2.05, 4.69) is 21.7 Å². The van der Waals surface area contributed by atoms with Gasteiger partial charge in [-0.1, -0.05) is 35.0 Å². The van der Waals surface area contributed by atoms with Crippen molar-refractivity contribution in [3.05, 3.63) is 69.6 Å². The number of carboxylic acids is 1. The average molecular weight is 561 g/mol. The van der Waals surface area contributed by atoms with E-state index >= 15 is 4.39 Å². The fourth-order valence-corrected chi connectivity index (χ4v) is 5.58. The Balaban J connectivity index is 1.43. The van der Waals surface area contributed by atoms with Crippen LogP contribution in [-0.2, 0) is 4.79 Å². The van der Waals surface area contributed by atoms with E-state index in [1.165, 1.54) is 25.4 Å². The van der Waals surface area contributed by atoms with Crippen molar-refractivity contribution in [1.82, 2.24) is 9.88 Å². The zero-order chi connectivity index (χ0) is 27.3. The standard InChI is InChI=1S/C29H28Cl2F2N2O3/c1-38-22-4-5-26-23(16-22)28(24(31)18-34-26)25(33)6-7-29(17-27(36)37)8-11-35(12-9-29)10-2-3-19-13-20(30)15-21(32)14-19/h4-5,13-16,18,25H,6-12,17H2,1H3,(H,36,37)/t25-/m0/s1. The number of halogens is 4. The lowest BCUT2D eigenvalue weighted by atomic mass is 9.71. The van der Waals surface area contributed by atoms with E-state index in [-0.39, 0.29) is 22.9 Å². The van der Waals surface area contributed by atoms with Crippen LogP contribution in [0.25, 0.3) is 10.9 Å². The van der Waals surface area contributed by atoms with Crippen LogP contribution in [0.4, 0.5) is 8.78 Å². The van der Waals surface area contributed by atoms with Crippen LogP contribution in [-0.4, -0.2) is 47.7 Å². The predicted octanol–water partition coefficient (Wildman–Crippen LogP) is 7.09. The van der Waals surface area contributed by atoms with Crippen LogP contribution in [0, 0.1) is 23.1 Å². The maximum Gasteiger partial charge on any atom is 0.303 e. The molecule has 0 saturated carbocycles. The van der Waals surface area contributed by atoms with E-state index < -0.39 is 23.4 Å². The van der Waals surface area contributed by atoms with E-state index in [1.54, 1.807) is 24.3 Å². The number of rotatable bonds is 8. The molecule has 5 nitrogen and oxygen atoms in total. The van der Waals surface area contributed by atoms with E-state index in [9.17, 15) is 14.3 Å². The molecule has 1 saturated heterocycles. The van der Waals surface area contributed by atoms with Crippen molar-refractivity contribution < 1.29 is 23.4 Å². The molecule has 3 aromatic rings. The van der Waals surface area contributed by atoms with Crippen molar-refractivity contribution in [2.75, 3.05) is 26.7 Å². The molecule has 1 aromatic heterocycles. The number of alkyl halides is 1. The number of piperidine rings is 1. The number of carboxylic acid groups (broad SMARTS) is 1. The predicted molar refractivity (Wildman–Crippen MR) is 145 cm³/mol. The van der Waals surface area contributed by atoms with Crippen LogP contribution >= 0.6 is 23.2 Å². The van der Waals surface area contributed by atoms with Gasteiger partial charge in [-0.3, -0.25) is 14.7 Å². The zero-order valence-corrected chi connectivity index (χ0v) is 22.5. The second-order valence-corrected chi connectivity index (χ2v) is 10.6. The minimum atomic E-state index is -1.38. The molecular weight excluding hydrogens is 533 g/mol. The van der Waals surface area contributed by atoms with Crippen LogP contribution in [0.15, 0.2) is 42.6 Å². The number of aromatic nitrogens is 1. The smallest absolute Gasteiger partial charge is 0.303 e. The molecule has 200 valence electrons. The van der Waals surface area contributed by atoms with Gasteiger partial charge in [0, 0.05) is 27.7 Å². The SMILES string of the molecule is COc1ccc2ncc(Cl)c([C@@H](F)CCC3(CC(=O)O)CCN(CC#Cc4cc(F)cc(Cl)c4)CC3)c2c1. The molecule has 38 heavy (non-hydrogen) atoms. The second-order valence-electron chi connectivity index (χ2n) is 9.72. The van der Waals surface area contributed by atoms with Crippen molar-refractivity contribution in [1.29, 1.82) is 0 Å². The van der Waals surface area contributed by atoms with E-state index in [4.69, 9.17) is 27.9 Å². The number of hydrogen-bond donors (Lipinski definition) is 1. The lowest BCUT2D eigenvalue weighted by Crippen LogP contribution is -2.41. The fraction of sp³-hybridized carbons (Fsp3) is 0.379. The van der Waals surface area contributed by atoms with Crippen molar-refractivity contribution in [2.45, 2.75) is 38.3 Å². The Bertz CT molecular complexity index is 1360. The third-order valence-corrected chi connectivity index (χ3v) is 7.67. The summed E-state index contributed by atoms with van der Waals surface area (Å²) in [6, 6.07) is 9.40. The summed E-state index contributed by atoms with van der Waals surface area (Å²) in [6.07, 6.45) is 1.81. The molecule has 1 atom stereocenters. The van der Waals surface area contributed by atoms with Crippen LogP contribution in [0.1, 0.15) is 49.4 Å². The second kappa shape index (κ2) is 12.3. The Kier molecular flexibility index (Phi) is 9.09. The lowest BCUT2D eigenvalue weighted by Gasteiger charge is -2.41. The lowest BCUT2D eigenvalue weighted by molar-refractivity contribution is -0.141. The molecule has 0 radical (unpaired) electrons. The van der Waals surface area contributed by atoms with Crippen molar-refractivity contribution >= 4 is 40.1 Å². The highest BCUT2D eigenvalue weighted by Crippen LogP contribution is 2.44. The number of methoxy groups -OCH3 is 1. The molecule has 2 aromatic carbocycles. The van der Waals surface area contributed by atoms with Gasteiger partial charge in [0.25, 0.3) is 0 Å². The summed E-state index contributed by atoms with van der Waals surface area (Å²) in [6.45, 7) is 1.74. The first-order valence-corrected chi connectivity index (χ1v) is 13.1. The summed E-state index contributed by atoms with van der Waals surface area (Å²) in [5, 5.41) is 10.7. The minimum Gasteiger partial charge on any atom is -0.497 e. The first-order chi connectivity index (χ1) is 18.2. The Labute approximate surface area is 230 Å². The number of ether oxygens (including phenoxy) is 1. The molecule has 9 heteroatoms. The number of likely N-dealkylation sites (tertiary alicyclic amines) is 1. The summed E-state index contributed by atoms with van der Waals surface area (Å²) in [5.41, 5.74) is 0.943. The van der Waals surface area contributed by atoms with E-state index in [0.29, 0.717) is 66.7 Å². The van der Waals surface area contributed by atoms with Gasteiger partial charge in [-0.05, 0) is 80.6 Å². The normalized spacial score (nSPS) is 16.0. The zero-order valence-electron chi connectivity index (χ0n) is 20.9. The van der Waals surface area contributed by atoms with Gasteiger partial charge in [0.1, 0.15) is 17.7 Å². The highest BCUT2D eigenvalue weighted by Gasteiger charge is 2.37. The van der Waals surface area contributed by atoms with Gasteiger partial charge < -0.3 is 9.84 Å². The molecule has 1 aliphatic rings. The van der Waals surface area contributed by atoms with Crippen molar-refractivity contribution in [3.8, 4) is 17.6 Å². The number of hydrogen-bond acceptors (Lipinski definition) is 4. The molecule has 0 unspecified atom stereocenters. The first kappa shape index (κ1) is 28.1. The topological polar surface area (TPSA) is 62.7 Å². The number of benzene rings is 2. The number of pyridine rings is 1. The van der Waals surface area contributed by atoms with Gasteiger partial charge in [0.05, 0.1) is 30.6 Å². The van der Waals surface area contributed by atoms with Gasteiger partial charge >= 0.3 is 5.97 Å². The van der Waals surface area contributed by atoms with Gasteiger partial charge in [-0.15, -0.1) is 0 Å². The van der Waals surface area contributed by atoms with Crippen molar-refractivity contribution in [3.63, 3.8) is 0 Å². The Hall–Kier alpha value is -2.92. The number of fused-ring (bicyclic) bond motifs is 1. The average Bonchev–Trinajstić information content (AvgIpc) is 2.87. The van der Waals surface area contributed by atoms with Crippen molar-refractivity contribution in [2.24, 2.45) is 5.41 Å². The summed E-state index contributed by atoms with van der Waals surface area (Å²) in [4.78, 5) is 18.2. The van der Waals surface area contributed by atoms with Gasteiger partial charge in [0.2, 0.25) is 0 Å².